The lowest BCUT2D eigenvalue weighted by atomic mass is 10.2. The maximum atomic E-state index is 8.65. The van der Waals surface area contributed by atoms with E-state index in [1.807, 2.05) is 12.3 Å². The number of pyridine rings is 1. The second-order valence-corrected chi connectivity index (χ2v) is 5.05. The quantitative estimate of drug-likeness (QED) is 0.373. The van der Waals surface area contributed by atoms with Gasteiger partial charge in [-0.2, -0.15) is 0 Å². The molecule has 2 rings (SSSR count). The van der Waals surface area contributed by atoms with E-state index in [4.69, 9.17) is 15.7 Å². The Morgan fingerprint density at radius 3 is 3.22 bits per heavy atom. The lowest BCUT2D eigenvalue weighted by Crippen LogP contribution is -2.48. The Morgan fingerprint density at radius 2 is 2.50 bits per heavy atom. The average Bonchev–Trinajstić information content (AvgIpc) is 2.38. The molecule has 1 fully saturated rings. The van der Waals surface area contributed by atoms with Crippen LogP contribution in [0.3, 0.4) is 0 Å². The molecule has 3 N–H and O–H groups in total. The third kappa shape index (κ3) is 3.41. The topological polar surface area (TPSA) is 84.0 Å². The number of hydrogen-bond donors (Lipinski definition) is 2. The smallest absolute Gasteiger partial charge is 0.169 e. The minimum atomic E-state index is -0.344. The number of hydrogen-bond acceptors (Lipinski definition) is 5. The number of oxime groups is 1. The Balaban J connectivity index is 1.97. The highest BCUT2D eigenvalue weighted by molar-refractivity contribution is 9.10. The Labute approximate surface area is 114 Å². The van der Waals surface area contributed by atoms with Gasteiger partial charge in [0.15, 0.2) is 5.84 Å². The first-order valence-corrected chi connectivity index (χ1v) is 6.39. The largest absolute Gasteiger partial charge is 0.409 e. The van der Waals surface area contributed by atoms with Gasteiger partial charge in [-0.3, -0.25) is 9.88 Å². The summed E-state index contributed by atoms with van der Waals surface area (Å²) in [4.78, 5) is 6.32. The van der Waals surface area contributed by atoms with Crippen LogP contribution in [0.5, 0.6) is 0 Å². The minimum Gasteiger partial charge on any atom is -0.409 e. The van der Waals surface area contributed by atoms with Crippen molar-refractivity contribution in [3.05, 3.63) is 28.5 Å². The van der Waals surface area contributed by atoms with Gasteiger partial charge in [-0.25, -0.2) is 0 Å². The van der Waals surface area contributed by atoms with Crippen molar-refractivity contribution in [2.45, 2.75) is 12.6 Å². The van der Waals surface area contributed by atoms with Gasteiger partial charge < -0.3 is 15.7 Å². The highest BCUT2D eigenvalue weighted by Crippen LogP contribution is 2.14. The molecule has 0 radical (unpaired) electrons. The van der Waals surface area contributed by atoms with Crippen LogP contribution in [-0.2, 0) is 11.3 Å². The molecule has 18 heavy (non-hydrogen) atoms. The molecule has 1 aliphatic rings. The summed E-state index contributed by atoms with van der Waals surface area (Å²) in [7, 11) is 0. The molecular formula is C11H15BrN4O2. The number of nitrogens with two attached hydrogens (primary N) is 1. The van der Waals surface area contributed by atoms with Crippen molar-refractivity contribution in [3.8, 4) is 0 Å². The van der Waals surface area contributed by atoms with E-state index in [0.717, 1.165) is 23.1 Å². The molecule has 1 atom stereocenters. The summed E-state index contributed by atoms with van der Waals surface area (Å²) in [5, 5.41) is 11.6. The molecule has 2 heterocycles. The van der Waals surface area contributed by atoms with E-state index in [1.54, 1.807) is 6.20 Å². The standard InChI is InChI=1S/C11H15BrN4O2/c12-9-3-8(4-14-5-9)6-16-1-2-18-10(7-16)11(13)15-17/h3-5,10,17H,1-2,6-7H2,(H2,13,15). The van der Waals surface area contributed by atoms with E-state index in [0.29, 0.717) is 13.2 Å². The van der Waals surface area contributed by atoms with Crippen LogP contribution in [0.25, 0.3) is 0 Å². The van der Waals surface area contributed by atoms with Crippen molar-refractivity contribution in [2.75, 3.05) is 19.7 Å². The van der Waals surface area contributed by atoms with Crippen LogP contribution in [0.1, 0.15) is 5.56 Å². The predicted molar refractivity (Wildman–Crippen MR) is 70.4 cm³/mol. The number of ether oxygens (including phenoxy) is 1. The molecule has 0 bridgehead atoms. The summed E-state index contributed by atoms with van der Waals surface area (Å²) in [5.74, 6) is 0.118. The van der Waals surface area contributed by atoms with Crippen molar-refractivity contribution in [3.63, 3.8) is 0 Å². The van der Waals surface area contributed by atoms with Crippen LogP contribution in [0.15, 0.2) is 28.1 Å². The van der Waals surface area contributed by atoms with E-state index in [9.17, 15) is 0 Å². The predicted octanol–water partition coefficient (Wildman–Crippen LogP) is 0.791. The molecule has 98 valence electrons. The van der Waals surface area contributed by atoms with Gasteiger partial charge in [0, 0.05) is 36.5 Å². The van der Waals surface area contributed by atoms with E-state index in [2.05, 4.69) is 31.0 Å². The molecule has 1 aromatic rings. The summed E-state index contributed by atoms with van der Waals surface area (Å²) in [6, 6.07) is 2.03. The average molecular weight is 315 g/mol. The molecule has 0 saturated carbocycles. The molecule has 0 aliphatic carbocycles. The van der Waals surface area contributed by atoms with Gasteiger partial charge in [-0.15, -0.1) is 0 Å². The summed E-state index contributed by atoms with van der Waals surface area (Å²) >= 11 is 3.40. The summed E-state index contributed by atoms with van der Waals surface area (Å²) in [5.41, 5.74) is 6.67. The zero-order chi connectivity index (χ0) is 13.0. The number of rotatable bonds is 3. The highest BCUT2D eigenvalue weighted by Gasteiger charge is 2.23. The third-order valence-electron chi connectivity index (χ3n) is 2.76. The number of morpholine rings is 1. The molecule has 0 aromatic carbocycles. The van der Waals surface area contributed by atoms with Crippen LogP contribution in [0.2, 0.25) is 0 Å². The zero-order valence-electron chi connectivity index (χ0n) is 9.79. The van der Waals surface area contributed by atoms with Crippen LogP contribution >= 0.6 is 15.9 Å². The normalized spacial score (nSPS) is 22.1. The van der Waals surface area contributed by atoms with Gasteiger partial charge in [0.1, 0.15) is 6.10 Å². The Bertz CT molecular complexity index is 441. The van der Waals surface area contributed by atoms with Crippen molar-refractivity contribution >= 4 is 21.8 Å². The SMILES string of the molecule is N/C(=N/O)C1CN(Cc2cncc(Br)c2)CCO1. The lowest BCUT2D eigenvalue weighted by Gasteiger charge is -2.32. The second-order valence-electron chi connectivity index (χ2n) is 4.13. The van der Waals surface area contributed by atoms with Gasteiger partial charge >= 0.3 is 0 Å². The zero-order valence-corrected chi connectivity index (χ0v) is 11.4. The minimum absolute atomic E-state index is 0.118. The van der Waals surface area contributed by atoms with Gasteiger partial charge in [0.25, 0.3) is 0 Å². The fraction of sp³-hybridized carbons (Fsp3) is 0.455. The fourth-order valence-electron chi connectivity index (χ4n) is 1.89. The van der Waals surface area contributed by atoms with Crippen LogP contribution in [0, 0.1) is 0 Å². The van der Waals surface area contributed by atoms with E-state index in [-0.39, 0.29) is 11.9 Å². The van der Waals surface area contributed by atoms with Crippen LogP contribution < -0.4 is 5.73 Å². The number of aromatic nitrogens is 1. The molecule has 1 aliphatic heterocycles. The maximum Gasteiger partial charge on any atom is 0.169 e. The van der Waals surface area contributed by atoms with Crippen LogP contribution in [0.4, 0.5) is 0 Å². The van der Waals surface area contributed by atoms with Gasteiger partial charge in [-0.05, 0) is 27.6 Å². The Kier molecular flexibility index (Phi) is 4.51. The fourth-order valence-corrected chi connectivity index (χ4v) is 2.30. The first kappa shape index (κ1) is 13.3. The van der Waals surface area contributed by atoms with Crippen molar-refractivity contribution in [1.82, 2.24) is 9.88 Å². The Hall–Kier alpha value is -1.18. The van der Waals surface area contributed by atoms with Gasteiger partial charge in [0.2, 0.25) is 0 Å². The third-order valence-corrected chi connectivity index (χ3v) is 3.20. The summed E-state index contributed by atoms with van der Waals surface area (Å²) in [6.45, 7) is 2.78. The number of halogens is 1. The highest BCUT2D eigenvalue weighted by atomic mass is 79.9. The number of amidine groups is 1. The first-order chi connectivity index (χ1) is 8.69. The molecule has 7 heteroatoms. The number of nitrogens with zero attached hydrogens (tertiary/aromatic N) is 3. The first-order valence-electron chi connectivity index (χ1n) is 5.60. The van der Waals surface area contributed by atoms with Gasteiger partial charge in [0.05, 0.1) is 6.61 Å². The Morgan fingerprint density at radius 1 is 1.67 bits per heavy atom. The monoisotopic (exact) mass is 314 g/mol. The summed E-state index contributed by atoms with van der Waals surface area (Å²) in [6.07, 6.45) is 3.24. The maximum absolute atomic E-state index is 8.65. The van der Waals surface area contributed by atoms with Crippen molar-refractivity contribution in [1.29, 1.82) is 0 Å². The van der Waals surface area contributed by atoms with E-state index < -0.39 is 0 Å². The molecule has 0 spiro atoms. The molecule has 1 aromatic heterocycles. The molecular weight excluding hydrogens is 300 g/mol. The van der Waals surface area contributed by atoms with Crippen LogP contribution in [-0.4, -0.2) is 46.7 Å². The molecule has 0 amide bonds. The van der Waals surface area contributed by atoms with Crippen molar-refractivity contribution in [2.24, 2.45) is 10.9 Å². The van der Waals surface area contributed by atoms with E-state index >= 15 is 0 Å². The molecule has 1 unspecified atom stereocenters. The van der Waals surface area contributed by atoms with E-state index in [1.165, 1.54) is 0 Å². The molecule has 6 nitrogen and oxygen atoms in total. The molecule has 1 saturated heterocycles. The van der Waals surface area contributed by atoms with Crippen molar-refractivity contribution < 1.29 is 9.94 Å². The lowest BCUT2D eigenvalue weighted by molar-refractivity contribution is 0.00137. The summed E-state index contributed by atoms with van der Waals surface area (Å²) < 4.78 is 6.40. The van der Waals surface area contributed by atoms with Gasteiger partial charge in [-0.1, -0.05) is 5.16 Å². The second kappa shape index (κ2) is 6.12.